The molecule has 4 heteroatoms. The largest absolute Gasteiger partial charge is 0.488 e. The quantitative estimate of drug-likeness (QED) is 0.640. The molecule has 0 amide bonds. The Labute approximate surface area is 129 Å². The normalized spacial score (nSPS) is 10.5. The lowest BCUT2D eigenvalue weighted by atomic mass is 10.1. The first-order valence-corrected chi connectivity index (χ1v) is 7.75. The van der Waals surface area contributed by atoms with Gasteiger partial charge in [-0.25, -0.2) is 4.39 Å². The van der Waals surface area contributed by atoms with Gasteiger partial charge in [-0.05, 0) is 34.5 Å². The van der Waals surface area contributed by atoms with Gasteiger partial charge in [0.2, 0.25) is 0 Å². The van der Waals surface area contributed by atoms with Crippen LogP contribution in [-0.2, 0) is 11.9 Å². The first-order valence-electron chi connectivity index (χ1n) is 5.83. The average Bonchev–Trinajstić information content (AvgIpc) is 2.41. The molecule has 2 rings (SSSR count). The van der Waals surface area contributed by atoms with Crippen molar-refractivity contribution in [3.63, 3.8) is 0 Å². The third-order valence-electron chi connectivity index (χ3n) is 2.84. The van der Waals surface area contributed by atoms with Gasteiger partial charge < -0.3 is 4.74 Å². The highest BCUT2D eigenvalue weighted by atomic mass is 79.9. The first-order chi connectivity index (χ1) is 9.13. The summed E-state index contributed by atoms with van der Waals surface area (Å²) in [6, 6.07) is 11.0. The molecule has 0 radical (unpaired) electrons. The van der Waals surface area contributed by atoms with Crippen LogP contribution in [0.4, 0.5) is 4.39 Å². The van der Waals surface area contributed by atoms with Crippen LogP contribution < -0.4 is 4.74 Å². The zero-order valence-corrected chi connectivity index (χ0v) is 13.6. The second-order valence-corrected chi connectivity index (χ2v) is 5.55. The lowest BCUT2D eigenvalue weighted by Crippen LogP contribution is -2.01. The molecule has 0 aliphatic carbocycles. The summed E-state index contributed by atoms with van der Waals surface area (Å²) in [5, 5.41) is 0.730. The van der Waals surface area contributed by atoms with Crippen molar-refractivity contribution >= 4 is 31.9 Å². The number of alkyl halides is 1. The van der Waals surface area contributed by atoms with Crippen LogP contribution in [0.1, 0.15) is 16.7 Å². The number of rotatable bonds is 4. The fourth-order valence-electron chi connectivity index (χ4n) is 1.83. The van der Waals surface area contributed by atoms with E-state index in [1.54, 1.807) is 6.07 Å². The van der Waals surface area contributed by atoms with Crippen molar-refractivity contribution in [3.05, 3.63) is 63.4 Å². The summed E-state index contributed by atoms with van der Waals surface area (Å²) < 4.78 is 19.7. The fraction of sp³-hybridized carbons (Fsp3) is 0.200. The molecule has 0 aliphatic heterocycles. The second-order valence-electron chi connectivity index (χ2n) is 4.20. The summed E-state index contributed by atoms with van der Waals surface area (Å²) in [6.07, 6.45) is 0. The van der Waals surface area contributed by atoms with Crippen molar-refractivity contribution in [2.24, 2.45) is 0 Å². The maximum atomic E-state index is 13.4. The summed E-state index contributed by atoms with van der Waals surface area (Å²) in [5.74, 6) is 0.585. The number of hydrogen-bond acceptors (Lipinski definition) is 1. The Balaban J connectivity index is 2.21. The minimum atomic E-state index is -0.272. The van der Waals surface area contributed by atoms with Gasteiger partial charge in [-0.1, -0.05) is 46.3 Å². The number of halogens is 3. The molecule has 2 aromatic rings. The van der Waals surface area contributed by atoms with Gasteiger partial charge in [-0.15, -0.1) is 0 Å². The van der Waals surface area contributed by atoms with Crippen LogP contribution in [0.15, 0.2) is 40.9 Å². The molecule has 100 valence electrons. The molecule has 0 spiro atoms. The molecule has 0 atom stereocenters. The highest BCUT2D eigenvalue weighted by Crippen LogP contribution is 2.28. The summed E-state index contributed by atoms with van der Waals surface area (Å²) in [7, 11) is 0. The number of para-hydroxylation sites is 1. The predicted molar refractivity (Wildman–Crippen MR) is 82.2 cm³/mol. The molecule has 0 aromatic heterocycles. The zero-order valence-electron chi connectivity index (χ0n) is 10.4. The van der Waals surface area contributed by atoms with Gasteiger partial charge >= 0.3 is 0 Å². The maximum absolute atomic E-state index is 13.4. The molecule has 0 fully saturated rings. The van der Waals surface area contributed by atoms with E-state index in [1.807, 2.05) is 31.2 Å². The van der Waals surface area contributed by atoms with Gasteiger partial charge in [-0.3, -0.25) is 0 Å². The lowest BCUT2D eigenvalue weighted by molar-refractivity contribution is 0.300. The summed E-state index contributed by atoms with van der Waals surface area (Å²) in [6.45, 7) is 2.34. The summed E-state index contributed by atoms with van der Waals surface area (Å²) >= 11 is 6.69. The van der Waals surface area contributed by atoms with E-state index >= 15 is 0 Å². The molecule has 0 heterocycles. The van der Waals surface area contributed by atoms with Crippen LogP contribution in [0.5, 0.6) is 5.75 Å². The van der Waals surface area contributed by atoms with Crippen LogP contribution in [0.25, 0.3) is 0 Å². The molecule has 0 aliphatic rings. The predicted octanol–water partition coefficient (Wildman–Crippen LogP) is 5.37. The van der Waals surface area contributed by atoms with Crippen molar-refractivity contribution in [3.8, 4) is 5.75 Å². The Bertz CT molecular complexity index is 584. The van der Waals surface area contributed by atoms with Gasteiger partial charge in [0.15, 0.2) is 0 Å². The van der Waals surface area contributed by atoms with E-state index in [0.717, 1.165) is 27.8 Å². The van der Waals surface area contributed by atoms with Gasteiger partial charge in [0, 0.05) is 16.5 Å². The monoisotopic (exact) mass is 386 g/mol. The molecular weight excluding hydrogens is 375 g/mol. The number of ether oxygens (including phenoxy) is 1. The van der Waals surface area contributed by atoms with E-state index in [1.165, 1.54) is 6.07 Å². The number of hydrogen-bond donors (Lipinski definition) is 0. The first kappa shape index (κ1) is 14.5. The SMILES string of the molecule is Cc1cccc(CBr)c1OCc1cccc(F)c1Br. The third kappa shape index (κ3) is 3.37. The topological polar surface area (TPSA) is 9.23 Å². The smallest absolute Gasteiger partial charge is 0.137 e. The van der Waals surface area contributed by atoms with Gasteiger partial charge in [-0.2, -0.15) is 0 Å². The number of benzene rings is 2. The highest BCUT2D eigenvalue weighted by molar-refractivity contribution is 9.10. The minimum Gasteiger partial charge on any atom is -0.488 e. The fourth-order valence-corrected chi connectivity index (χ4v) is 2.66. The van der Waals surface area contributed by atoms with Gasteiger partial charge in [0.25, 0.3) is 0 Å². The molecule has 0 N–H and O–H groups in total. The minimum absolute atomic E-state index is 0.272. The average molecular weight is 388 g/mol. The third-order valence-corrected chi connectivity index (χ3v) is 4.33. The van der Waals surface area contributed by atoms with Crippen molar-refractivity contribution in [1.29, 1.82) is 0 Å². The highest BCUT2D eigenvalue weighted by Gasteiger charge is 2.09. The van der Waals surface area contributed by atoms with E-state index in [-0.39, 0.29) is 5.82 Å². The van der Waals surface area contributed by atoms with E-state index in [0.29, 0.717) is 11.1 Å². The van der Waals surface area contributed by atoms with Crippen LogP contribution in [0.3, 0.4) is 0 Å². The zero-order chi connectivity index (χ0) is 13.8. The molecule has 0 unspecified atom stereocenters. The Hall–Kier alpha value is -0.870. The van der Waals surface area contributed by atoms with Crippen LogP contribution in [0, 0.1) is 12.7 Å². The second kappa shape index (κ2) is 6.53. The molecule has 0 saturated carbocycles. The Morgan fingerprint density at radius 3 is 2.53 bits per heavy atom. The van der Waals surface area contributed by atoms with E-state index in [2.05, 4.69) is 31.9 Å². The van der Waals surface area contributed by atoms with E-state index in [4.69, 9.17) is 4.74 Å². The Morgan fingerprint density at radius 2 is 1.79 bits per heavy atom. The van der Waals surface area contributed by atoms with Crippen LogP contribution in [0.2, 0.25) is 0 Å². The Morgan fingerprint density at radius 1 is 1.11 bits per heavy atom. The van der Waals surface area contributed by atoms with Crippen molar-refractivity contribution in [2.75, 3.05) is 0 Å². The van der Waals surface area contributed by atoms with Crippen molar-refractivity contribution in [2.45, 2.75) is 18.9 Å². The standard InChI is InChI=1S/C15H13Br2FO/c1-10-4-2-5-11(8-16)15(10)19-9-12-6-3-7-13(18)14(12)17/h2-7H,8-9H2,1H3. The number of aryl methyl sites for hydroxylation is 1. The molecule has 0 saturated heterocycles. The lowest BCUT2D eigenvalue weighted by Gasteiger charge is -2.13. The van der Waals surface area contributed by atoms with Crippen molar-refractivity contribution in [1.82, 2.24) is 0 Å². The molecular formula is C15H13Br2FO. The summed E-state index contributed by atoms with van der Waals surface area (Å²) in [5.41, 5.74) is 2.96. The van der Waals surface area contributed by atoms with Crippen LogP contribution in [-0.4, -0.2) is 0 Å². The molecule has 0 bridgehead atoms. The van der Waals surface area contributed by atoms with Gasteiger partial charge in [0.1, 0.15) is 18.2 Å². The Kier molecular flexibility index (Phi) is 4.99. The molecule has 19 heavy (non-hydrogen) atoms. The summed E-state index contributed by atoms with van der Waals surface area (Å²) in [4.78, 5) is 0. The van der Waals surface area contributed by atoms with E-state index < -0.39 is 0 Å². The van der Waals surface area contributed by atoms with E-state index in [9.17, 15) is 4.39 Å². The molecule has 1 nitrogen and oxygen atoms in total. The molecule has 2 aromatic carbocycles. The maximum Gasteiger partial charge on any atom is 0.137 e. The van der Waals surface area contributed by atoms with Gasteiger partial charge in [0.05, 0.1) is 4.47 Å². The van der Waals surface area contributed by atoms with Crippen molar-refractivity contribution < 1.29 is 9.13 Å². The van der Waals surface area contributed by atoms with Crippen LogP contribution >= 0.6 is 31.9 Å².